The Hall–Kier alpha value is -1.50. The van der Waals surface area contributed by atoms with Crippen molar-refractivity contribution in [1.29, 1.82) is 0 Å². The van der Waals surface area contributed by atoms with Crippen LogP contribution in [-0.4, -0.2) is 44.2 Å². The summed E-state index contributed by atoms with van der Waals surface area (Å²) in [6, 6.07) is 0.894. The van der Waals surface area contributed by atoms with Crippen molar-refractivity contribution in [2.75, 3.05) is 5.75 Å². The Labute approximate surface area is 126 Å². The number of hydrogen-bond acceptors (Lipinski definition) is 5. The molecule has 2 fully saturated rings. The van der Waals surface area contributed by atoms with Gasteiger partial charge in [0.25, 0.3) is 5.91 Å². The van der Waals surface area contributed by atoms with E-state index in [4.69, 9.17) is 4.52 Å². The zero-order valence-electron chi connectivity index (χ0n) is 11.8. The Kier molecular flexibility index (Phi) is 3.93. The van der Waals surface area contributed by atoms with Gasteiger partial charge in [-0.15, -0.1) is 11.8 Å². The second kappa shape index (κ2) is 5.71. The minimum absolute atomic E-state index is 0.0929. The number of nitrogens with zero attached hydrogens (tertiary/aromatic N) is 2. The highest BCUT2D eigenvalue weighted by molar-refractivity contribution is 8.00. The van der Waals surface area contributed by atoms with Crippen LogP contribution in [0.15, 0.2) is 10.6 Å². The van der Waals surface area contributed by atoms with E-state index in [1.807, 2.05) is 6.92 Å². The first-order valence-electron chi connectivity index (χ1n) is 7.25. The third-order valence-electron chi connectivity index (χ3n) is 3.87. The van der Waals surface area contributed by atoms with Crippen LogP contribution >= 0.6 is 11.8 Å². The summed E-state index contributed by atoms with van der Waals surface area (Å²) < 4.78 is 5.21. The van der Waals surface area contributed by atoms with Crippen LogP contribution in [0.4, 0.5) is 0 Å². The molecule has 1 aliphatic carbocycles. The maximum absolute atomic E-state index is 12.6. The second-order valence-electron chi connectivity index (χ2n) is 5.53. The molecule has 1 aromatic heterocycles. The standard InChI is InChI=1S/C14H18N2O4S/c1-2-3-12-16(10(7-21-12)14(18)19)13(17)9-6-11(20-15-9)8-4-5-8/h6,8,10,12H,2-5,7H2,1H3,(H,18,19). The molecule has 3 rings (SSSR count). The summed E-state index contributed by atoms with van der Waals surface area (Å²) in [4.78, 5) is 25.5. The molecule has 2 aliphatic rings. The second-order valence-corrected chi connectivity index (χ2v) is 6.74. The first-order chi connectivity index (χ1) is 10.1. The topological polar surface area (TPSA) is 83.6 Å². The van der Waals surface area contributed by atoms with Gasteiger partial charge < -0.3 is 14.5 Å². The molecular weight excluding hydrogens is 292 g/mol. The van der Waals surface area contributed by atoms with Crippen molar-refractivity contribution < 1.29 is 19.2 Å². The maximum atomic E-state index is 12.6. The molecule has 1 saturated carbocycles. The monoisotopic (exact) mass is 310 g/mol. The van der Waals surface area contributed by atoms with Crippen molar-refractivity contribution in [3.8, 4) is 0 Å². The molecular formula is C14H18N2O4S. The van der Waals surface area contributed by atoms with Gasteiger partial charge in [0.15, 0.2) is 5.69 Å². The minimum Gasteiger partial charge on any atom is -0.480 e. The molecule has 21 heavy (non-hydrogen) atoms. The number of thioether (sulfide) groups is 1. The Morgan fingerprint density at radius 1 is 1.52 bits per heavy atom. The molecule has 1 amide bonds. The van der Waals surface area contributed by atoms with Crippen LogP contribution < -0.4 is 0 Å². The summed E-state index contributed by atoms with van der Waals surface area (Å²) in [6.07, 6.45) is 3.82. The molecule has 0 spiro atoms. The van der Waals surface area contributed by atoms with Gasteiger partial charge in [-0.25, -0.2) is 4.79 Å². The van der Waals surface area contributed by atoms with E-state index < -0.39 is 12.0 Å². The molecule has 0 bridgehead atoms. The highest BCUT2D eigenvalue weighted by atomic mass is 32.2. The van der Waals surface area contributed by atoms with Crippen molar-refractivity contribution in [3.05, 3.63) is 17.5 Å². The summed E-state index contributed by atoms with van der Waals surface area (Å²) in [7, 11) is 0. The fourth-order valence-corrected chi connectivity index (χ4v) is 4.09. The lowest BCUT2D eigenvalue weighted by Crippen LogP contribution is -2.45. The smallest absolute Gasteiger partial charge is 0.327 e. The van der Waals surface area contributed by atoms with Crippen molar-refractivity contribution in [2.24, 2.45) is 0 Å². The number of aromatic nitrogens is 1. The van der Waals surface area contributed by atoms with Gasteiger partial charge >= 0.3 is 5.97 Å². The van der Waals surface area contributed by atoms with E-state index in [-0.39, 0.29) is 17.0 Å². The summed E-state index contributed by atoms with van der Waals surface area (Å²) in [6.45, 7) is 2.03. The van der Waals surface area contributed by atoms with Crippen LogP contribution in [0.25, 0.3) is 0 Å². The molecule has 6 nitrogen and oxygen atoms in total. The lowest BCUT2D eigenvalue weighted by molar-refractivity contribution is -0.141. The summed E-state index contributed by atoms with van der Waals surface area (Å²) in [5.74, 6) is 0.263. The van der Waals surface area contributed by atoms with E-state index in [1.165, 1.54) is 16.7 Å². The Morgan fingerprint density at radius 2 is 2.29 bits per heavy atom. The molecule has 114 valence electrons. The number of carboxylic acid groups (broad SMARTS) is 1. The lowest BCUT2D eigenvalue weighted by Gasteiger charge is -2.26. The highest BCUT2D eigenvalue weighted by Gasteiger charge is 2.42. The van der Waals surface area contributed by atoms with Crippen LogP contribution in [0.1, 0.15) is 54.8 Å². The van der Waals surface area contributed by atoms with Gasteiger partial charge in [0, 0.05) is 17.7 Å². The third-order valence-corrected chi connectivity index (χ3v) is 5.23. The zero-order valence-corrected chi connectivity index (χ0v) is 12.6. The van der Waals surface area contributed by atoms with E-state index in [1.54, 1.807) is 6.07 Å². The van der Waals surface area contributed by atoms with E-state index in [9.17, 15) is 14.7 Å². The molecule has 2 heterocycles. The molecule has 2 atom stereocenters. The number of carbonyl (C=O) groups is 2. The van der Waals surface area contributed by atoms with Gasteiger partial charge in [0.1, 0.15) is 11.8 Å². The molecule has 1 N–H and O–H groups in total. The predicted molar refractivity (Wildman–Crippen MR) is 77.2 cm³/mol. The first-order valence-corrected chi connectivity index (χ1v) is 8.30. The number of aliphatic carboxylic acids is 1. The van der Waals surface area contributed by atoms with Crippen LogP contribution in [0.3, 0.4) is 0 Å². The molecule has 1 aromatic rings. The highest BCUT2D eigenvalue weighted by Crippen LogP contribution is 2.40. The average molecular weight is 310 g/mol. The maximum Gasteiger partial charge on any atom is 0.327 e. The molecule has 2 unspecified atom stereocenters. The predicted octanol–water partition coefficient (Wildman–Crippen LogP) is 2.32. The summed E-state index contributed by atoms with van der Waals surface area (Å²) in [5, 5.41) is 13.1. The SMILES string of the molecule is CCCC1SCC(C(=O)O)N1C(=O)c1cc(C2CC2)on1. The number of carbonyl (C=O) groups excluding carboxylic acids is 1. The van der Waals surface area contributed by atoms with Crippen molar-refractivity contribution >= 4 is 23.6 Å². The van der Waals surface area contributed by atoms with Crippen molar-refractivity contribution in [3.63, 3.8) is 0 Å². The third kappa shape index (κ3) is 2.79. The van der Waals surface area contributed by atoms with Gasteiger partial charge in [-0.2, -0.15) is 0 Å². The molecule has 1 saturated heterocycles. The number of rotatable bonds is 5. The van der Waals surface area contributed by atoms with Gasteiger partial charge in [-0.1, -0.05) is 18.5 Å². The van der Waals surface area contributed by atoms with E-state index >= 15 is 0 Å². The fourth-order valence-electron chi connectivity index (χ4n) is 2.58. The summed E-state index contributed by atoms with van der Waals surface area (Å²) >= 11 is 1.53. The van der Waals surface area contributed by atoms with E-state index in [2.05, 4.69) is 5.16 Å². The lowest BCUT2D eigenvalue weighted by atomic mass is 10.2. The van der Waals surface area contributed by atoms with Gasteiger partial charge in [-0.3, -0.25) is 4.79 Å². The Balaban J connectivity index is 1.82. The largest absolute Gasteiger partial charge is 0.480 e. The molecule has 0 radical (unpaired) electrons. The average Bonchev–Trinajstić information content (AvgIpc) is 3.03. The molecule has 0 aromatic carbocycles. The number of hydrogen-bond donors (Lipinski definition) is 1. The molecule has 7 heteroatoms. The quantitative estimate of drug-likeness (QED) is 0.898. The van der Waals surface area contributed by atoms with Gasteiger partial charge in [0.2, 0.25) is 0 Å². The molecule has 1 aliphatic heterocycles. The fraction of sp³-hybridized carbons (Fsp3) is 0.643. The van der Waals surface area contributed by atoms with Crippen molar-refractivity contribution in [2.45, 2.75) is 49.9 Å². The van der Waals surface area contributed by atoms with E-state index in [0.29, 0.717) is 11.7 Å². The van der Waals surface area contributed by atoms with E-state index in [0.717, 1.165) is 31.4 Å². The van der Waals surface area contributed by atoms with Gasteiger partial charge in [-0.05, 0) is 19.3 Å². The van der Waals surface area contributed by atoms with Crippen LogP contribution in [-0.2, 0) is 4.79 Å². The number of amides is 1. The Morgan fingerprint density at radius 3 is 2.90 bits per heavy atom. The normalized spacial score (nSPS) is 25.3. The van der Waals surface area contributed by atoms with Crippen molar-refractivity contribution in [1.82, 2.24) is 10.1 Å². The van der Waals surface area contributed by atoms with Crippen LogP contribution in [0, 0.1) is 0 Å². The van der Waals surface area contributed by atoms with Gasteiger partial charge in [0.05, 0.1) is 5.37 Å². The Bertz CT molecular complexity index is 555. The van der Waals surface area contributed by atoms with Crippen LogP contribution in [0.5, 0.6) is 0 Å². The zero-order chi connectivity index (χ0) is 15.0. The minimum atomic E-state index is -0.958. The van der Waals surface area contributed by atoms with Crippen LogP contribution in [0.2, 0.25) is 0 Å². The first kappa shape index (κ1) is 14.4. The number of carboxylic acids is 1. The summed E-state index contributed by atoms with van der Waals surface area (Å²) in [5.41, 5.74) is 0.228.